The van der Waals surface area contributed by atoms with Crippen molar-refractivity contribution < 1.29 is 9.90 Å². The Morgan fingerprint density at radius 2 is 2.40 bits per heavy atom. The lowest BCUT2D eigenvalue weighted by Crippen LogP contribution is -2.28. The molecule has 60 valence electrons. The van der Waals surface area contributed by atoms with Crippen molar-refractivity contribution in [2.75, 3.05) is 13.1 Å². The zero-order valence-electron chi connectivity index (χ0n) is 6.34. The zero-order chi connectivity index (χ0) is 7.82. The highest BCUT2D eigenvalue weighted by Gasteiger charge is 1.97. The molecule has 0 aliphatic rings. The van der Waals surface area contributed by atoms with Gasteiger partial charge in [0.2, 0.25) is 0 Å². The second-order valence-corrected chi connectivity index (χ2v) is 2.26. The fourth-order valence-electron chi connectivity index (χ4n) is 0.600. The summed E-state index contributed by atoms with van der Waals surface area (Å²) in [5.74, 6) is 0. The molecule has 1 atom stereocenters. The molecule has 0 aliphatic carbocycles. The molecule has 0 aromatic rings. The molecule has 0 unspecified atom stereocenters. The molecule has 0 rings (SSSR count). The van der Waals surface area contributed by atoms with Crippen LogP contribution in [0.15, 0.2) is 0 Å². The van der Waals surface area contributed by atoms with E-state index in [0.717, 1.165) is 19.4 Å². The van der Waals surface area contributed by atoms with E-state index in [0.29, 0.717) is 12.8 Å². The fraction of sp³-hybridized carbons (Fsp3) is 0.857. The van der Waals surface area contributed by atoms with Crippen molar-refractivity contribution in [1.82, 2.24) is 5.32 Å². The minimum Gasteiger partial charge on any atom is -0.384 e. The Hall–Kier alpha value is -0.410. The molecule has 0 radical (unpaired) electrons. The summed E-state index contributed by atoms with van der Waals surface area (Å²) in [6.07, 6.45) is 1.92. The van der Waals surface area contributed by atoms with Gasteiger partial charge in [0.05, 0.1) is 0 Å². The van der Waals surface area contributed by atoms with Crippen molar-refractivity contribution >= 4 is 6.29 Å². The van der Waals surface area contributed by atoms with Gasteiger partial charge in [-0.2, -0.15) is 0 Å². The Balaban J connectivity index is 2.95. The number of carbonyl (C=O) groups excluding carboxylic acids is 1. The number of hydrogen-bond acceptors (Lipinski definition) is 3. The van der Waals surface area contributed by atoms with Gasteiger partial charge in [0, 0.05) is 6.54 Å². The fourth-order valence-corrected chi connectivity index (χ4v) is 0.600. The van der Waals surface area contributed by atoms with Gasteiger partial charge in [0.1, 0.15) is 12.4 Å². The Labute approximate surface area is 61.4 Å². The monoisotopic (exact) mass is 145 g/mol. The van der Waals surface area contributed by atoms with Gasteiger partial charge in [-0.05, 0) is 13.0 Å². The van der Waals surface area contributed by atoms with Crippen molar-refractivity contribution in [1.29, 1.82) is 0 Å². The first-order valence-corrected chi connectivity index (χ1v) is 3.65. The molecular formula is C7H15NO2. The Kier molecular flexibility index (Phi) is 6.43. The third-order valence-corrected chi connectivity index (χ3v) is 1.22. The number of nitrogens with one attached hydrogen (secondary N) is 1. The third-order valence-electron chi connectivity index (χ3n) is 1.22. The summed E-state index contributed by atoms with van der Waals surface area (Å²) in [7, 11) is 0. The van der Waals surface area contributed by atoms with Crippen LogP contribution in [0.25, 0.3) is 0 Å². The lowest BCUT2D eigenvalue weighted by atomic mass is 10.3. The number of aliphatic hydroxyl groups is 1. The van der Waals surface area contributed by atoms with E-state index in [1.807, 2.05) is 0 Å². The Morgan fingerprint density at radius 1 is 1.70 bits per heavy atom. The van der Waals surface area contributed by atoms with Crippen LogP contribution in [0.1, 0.15) is 19.8 Å². The summed E-state index contributed by atoms with van der Waals surface area (Å²) in [6, 6.07) is 0. The lowest BCUT2D eigenvalue weighted by Gasteiger charge is -2.03. The number of hydrogen-bond donors (Lipinski definition) is 2. The van der Waals surface area contributed by atoms with Crippen molar-refractivity contribution in [3.8, 4) is 0 Å². The van der Waals surface area contributed by atoms with Crippen LogP contribution < -0.4 is 5.32 Å². The molecular weight excluding hydrogens is 130 g/mol. The molecule has 0 spiro atoms. The smallest absolute Gasteiger partial charge is 0.149 e. The highest BCUT2D eigenvalue weighted by molar-refractivity contribution is 5.55. The van der Waals surface area contributed by atoms with Crippen molar-refractivity contribution in [3.63, 3.8) is 0 Å². The largest absolute Gasteiger partial charge is 0.384 e. The maximum atomic E-state index is 9.88. The average molecular weight is 145 g/mol. The van der Waals surface area contributed by atoms with E-state index >= 15 is 0 Å². The van der Waals surface area contributed by atoms with E-state index < -0.39 is 6.10 Å². The van der Waals surface area contributed by atoms with Gasteiger partial charge in [-0.25, -0.2) is 0 Å². The van der Waals surface area contributed by atoms with Gasteiger partial charge in [-0.3, -0.25) is 0 Å². The van der Waals surface area contributed by atoms with Crippen LogP contribution in [-0.2, 0) is 4.79 Å². The summed E-state index contributed by atoms with van der Waals surface area (Å²) in [4.78, 5) is 9.88. The summed E-state index contributed by atoms with van der Waals surface area (Å²) in [6.45, 7) is 3.35. The highest BCUT2D eigenvalue weighted by Crippen LogP contribution is 1.82. The van der Waals surface area contributed by atoms with E-state index in [1.165, 1.54) is 0 Å². The average Bonchev–Trinajstić information content (AvgIpc) is 1.98. The van der Waals surface area contributed by atoms with E-state index in [2.05, 4.69) is 12.2 Å². The van der Waals surface area contributed by atoms with Gasteiger partial charge in [-0.15, -0.1) is 0 Å². The van der Waals surface area contributed by atoms with Gasteiger partial charge < -0.3 is 15.2 Å². The van der Waals surface area contributed by atoms with Crippen LogP contribution >= 0.6 is 0 Å². The molecule has 0 amide bonds. The summed E-state index contributed by atoms with van der Waals surface area (Å²) >= 11 is 0. The van der Waals surface area contributed by atoms with Gasteiger partial charge in [-0.1, -0.05) is 13.3 Å². The molecule has 0 aromatic heterocycles. The number of rotatable bonds is 6. The van der Waals surface area contributed by atoms with Gasteiger partial charge >= 0.3 is 0 Å². The lowest BCUT2D eigenvalue weighted by molar-refractivity contribution is -0.114. The van der Waals surface area contributed by atoms with Crippen molar-refractivity contribution in [3.05, 3.63) is 0 Å². The molecule has 3 nitrogen and oxygen atoms in total. The zero-order valence-corrected chi connectivity index (χ0v) is 6.34. The van der Waals surface area contributed by atoms with Crippen LogP contribution in [-0.4, -0.2) is 30.6 Å². The molecule has 0 aliphatic heterocycles. The quantitative estimate of drug-likeness (QED) is 0.406. The first-order chi connectivity index (χ1) is 4.81. The number of aldehydes is 1. The third kappa shape index (κ3) is 5.72. The maximum Gasteiger partial charge on any atom is 0.149 e. The molecule has 2 N–H and O–H groups in total. The summed E-state index contributed by atoms with van der Waals surface area (Å²) in [5, 5.41) is 11.7. The maximum absolute atomic E-state index is 9.88. The molecule has 0 heterocycles. The van der Waals surface area contributed by atoms with Gasteiger partial charge in [0.15, 0.2) is 0 Å². The first kappa shape index (κ1) is 9.59. The van der Waals surface area contributed by atoms with Crippen LogP contribution in [0, 0.1) is 0 Å². The number of carbonyl (C=O) groups is 1. The Bertz CT molecular complexity index is 85.7. The normalized spacial score (nSPS) is 13.0. The number of unbranched alkanes of at least 4 members (excludes halogenated alkanes) is 1. The predicted octanol–water partition coefficient (Wildman–Crippen LogP) is -0.0641. The molecule has 0 saturated carbocycles. The molecule has 0 fully saturated rings. The first-order valence-electron chi connectivity index (χ1n) is 3.65. The molecule has 10 heavy (non-hydrogen) atoms. The molecule has 3 heteroatoms. The second kappa shape index (κ2) is 6.71. The minimum atomic E-state index is -0.836. The van der Waals surface area contributed by atoms with Crippen molar-refractivity contribution in [2.24, 2.45) is 0 Å². The van der Waals surface area contributed by atoms with Crippen LogP contribution in [0.3, 0.4) is 0 Å². The highest BCUT2D eigenvalue weighted by atomic mass is 16.3. The van der Waals surface area contributed by atoms with Crippen LogP contribution in [0.2, 0.25) is 0 Å². The Morgan fingerprint density at radius 3 is 2.90 bits per heavy atom. The predicted molar refractivity (Wildman–Crippen MR) is 39.8 cm³/mol. The summed E-state index contributed by atoms with van der Waals surface area (Å²) in [5.41, 5.74) is 0. The van der Waals surface area contributed by atoms with E-state index in [4.69, 9.17) is 5.11 Å². The van der Waals surface area contributed by atoms with Crippen LogP contribution in [0.5, 0.6) is 0 Å². The second-order valence-electron chi connectivity index (χ2n) is 2.26. The van der Waals surface area contributed by atoms with E-state index in [1.54, 1.807) is 0 Å². The number of aliphatic hydroxyl groups excluding tert-OH is 1. The molecule has 0 bridgehead atoms. The SMILES string of the molecule is CCCCNC[C@@H](O)C=O. The van der Waals surface area contributed by atoms with E-state index in [-0.39, 0.29) is 0 Å². The summed E-state index contributed by atoms with van der Waals surface area (Å²) < 4.78 is 0. The standard InChI is InChI=1S/C7H15NO2/c1-2-3-4-8-5-7(10)6-9/h6-8,10H,2-5H2,1H3/t7-/m1/s1. The molecule has 0 saturated heterocycles. The molecule has 0 aromatic carbocycles. The van der Waals surface area contributed by atoms with Gasteiger partial charge in [0.25, 0.3) is 0 Å². The topological polar surface area (TPSA) is 49.3 Å². The van der Waals surface area contributed by atoms with Crippen LogP contribution in [0.4, 0.5) is 0 Å². The van der Waals surface area contributed by atoms with Crippen molar-refractivity contribution in [2.45, 2.75) is 25.9 Å². The van der Waals surface area contributed by atoms with E-state index in [9.17, 15) is 4.79 Å². The minimum absolute atomic E-state index is 0.378.